The number of hydrogen-bond acceptors (Lipinski definition) is 4. The zero-order valence-corrected chi connectivity index (χ0v) is 8.92. The number of carboxylic acids is 1. The van der Waals surface area contributed by atoms with Gasteiger partial charge in [-0.05, 0) is 6.07 Å². The Morgan fingerprint density at radius 3 is 2.50 bits per heavy atom. The summed E-state index contributed by atoms with van der Waals surface area (Å²) >= 11 is 0. The van der Waals surface area contributed by atoms with Crippen molar-refractivity contribution in [3.05, 3.63) is 17.3 Å². The fourth-order valence-electron chi connectivity index (χ4n) is 1.13. The van der Waals surface area contributed by atoms with Crippen LogP contribution in [0.1, 0.15) is 16.1 Å². The number of aromatic nitrogens is 1. The Balaban J connectivity index is 3.34. The summed E-state index contributed by atoms with van der Waals surface area (Å²) in [5.41, 5.74) is -1.26. The van der Waals surface area contributed by atoms with Crippen LogP contribution >= 0.6 is 0 Å². The van der Waals surface area contributed by atoms with Gasteiger partial charge in [0.1, 0.15) is 6.67 Å². The van der Waals surface area contributed by atoms with E-state index in [0.717, 1.165) is 7.11 Å². The minimum atomic E-state index is -5.07. The summed E-state index contributed by atoms with van der Waals surface area (Å²) in [6.07, 6.45) is -5.07. The highest BCUT2D eigenvalue weighted by atomic mass is 19.4. The van der Waals surface area contributed by atoms with Gasteiger partial charge in [0, 0.05) is 5.56 Å². The summed E-state index contributed by atoms with van der Waals surface area (Å²) in [4.78, 5) is 13.9. The molecule has 0 aliphatic carbocycles. The molecule has 18 heavy (non-hydrogen) atoms. The van der Waals surface area contributed by atoms with E-state index in [1.54, 1.807) is 0 Å². The van der Waals surface area contributed by atoms with Crippen LogP contribution in [0.4, 0.5) is 17.6 Å². The lowest BCUT2D eigenvalue weighted by molar-refractivity contribution is -0.275. The van der Waals surface area contributed by atoms with Gasteiger partial charge in [0.25, 0.3) is 5.88 Å². The zero-order chi connectivity index (χ0) is 13.9. The number of alkyl halides is 4. The van der Waals surface area contributed by atoms with Crippen molar-refractivity contribution in [2.45, 2.75) is 13.0 Å². The summed E-state index contributed by atoms with van der Waals surface area (Å²) in [7, 11) is 0.958. The lowest BCUT2D eigenvalue weighted by Crippen LogP contribution is -2.19. The maximum Gasteiger partial charge on any atom is 0.573 e. The van der Waals surface area contributed by atoms with Crippen molar-refractivity contribution in [3.8, 4) is 11.6 Å². The maximum atomic E-state index is 12.6. The lowest BCUT2D eigenvalue weighted by Gasteiger charge is -2.14. The second-order valence-corrected chi connectivity index (χ2v) is 2.99. The van der Waals surface area contributed by atoms with Gasteiger partial charge in [0.05, 0.1) is 7.11 Å². The highest BCUT2D eigenvalue weighted by Crippen LogP contribution is 2.35. The number of halogens is 4. The Morgan fingerprint density at radius 2 is 2.11 bits per heavy atom. The Morgan fingerprint density at radius 1 is 1.50 bits per heavy atom. The molecule has 1 N–H and O–H groups in total. The van der Waals surface area contributed by atoms with Gasteiger partial charge < -0.3 is 14.6 Å². The average Bonchev–Trinajstić information content (AvgIpc) is 2.26. The second-order valence-electron chi connectivity index (χ2n) is 2.99. The number of ether oxygens (including phenoxy) is 2. The van der Waals surface area contributed by atoms with Crippen LogP contribution in [0.25, 0.3) is 0 Å². The highest BCUT2D eigenvalue weighted by molar-refractivity contribution is 5.86. The minimum Gasteiger partial charge on any atom is -0.478 e. The number of methoxy groups -OCH3 is 1. The molecule has 1 aromatic rings. The van der Waals surface area contributed by atoms with Crippen LogP contribution in [0.15, 0.2) is 6.07 Å². The third kappa shape index (κ3) is 3.22. The Hall–Kier alpha value is -2.06. The van der Waals surface area contributed by atoms with Gasteiger partial charge in [-0.25, -0.2) is 14.2 Å². The van der Waals surface area contributed by atoms with Crippen molar-refractivity contribution in [3.63, 3.8) is 0 Å². The first-order chi connectivity index (χ1) is 8.28. The molecule has 0 radical (unpaired) electrons. The standard InChI is InChI=1S/C9H7F4NO4/c1-17-7-6(18-9(11,12)13)4(3-10)2-5(14-7)8(15)16/h2H,3H2,1H3,(H,15,16). The van der Waals surface area contributed by atoms with Gasteiger partial charge >= 0.3 is 12.3 Å². The normalized spacial score (nSPS) is 11.2. The molecule has 1 heterocycles. The molecule has 0 aliphatic rings. The van der Waals surface area contributed by atoms with E-state index < -0.39 is 41.9 Å². The molecule has 100 valence electrons. The molecule has 0 spiro atoms. The first-order valence-electron chi connectivity index (χ1n) is 4.41. The molecular weight excluding hydrogens is 262 g/mol. The number of aromatic carboxylic acids is 1. The molecule has 0 saturated heterocycles. The Bertz CT molecular complexity index is 435. The largest absolute Gasteiger partial charge is 0.573 e. The summed E-state index contributed by atoms with van der Waals surface area (Å²) in [6.45, 7) is -1.36. The van der Waals surface area contributed by atoms with Crippen LogP contribution in [0.5, 0.6) is 11.6 Å². The Kier molecular flexibility index (Phi) is 3.94. The number of carbonyl (C=O) groups is 1. The molecule has 0 aliphatic heterocycles. The van der Waals surface area contributed by atoms with E-state index in [1.807, 2.05) is 0 Å². The van der Waals surface area contributed by atoms with Crippen molar-refractivity contribution < 1.29 is 36.9 Å². The molecule has 0 bridgehead atoms. The number of rotatable bonds is 4. The maximum absolute atomic E-state index is 12.6. The van der Waals surface area contributed by atoms with Crippen molar-refractivity contribution in [2.75, 3.05) is 7.11 Å². The van der Waals surface area contributed by atoms with Crippen molar-refractivity contribution >= 4 is 5.97 Å². The van der Waals surface area contributed by atoms with Crippen LogP contribution in [0.2, 0.25) is 0 Å². The van der Waals surface area contributed by atoms with Gasteiger partial charge in [0.15, 0.2) is 11.4 Å². The summed E-state index contributed by atoms with van der Waals surface area (Å²) in [6, 6.07) is 0.645. The molecule has 5 nitrogen and oxygen atoms in total. The zero-order valence-electron chi connectivity index (χ0n) is 8.92. The predicted molar refractivity (Wildman–Crippen MR) is 49.2 cm³/mol. The van der Waals surface area contributed by atoms with E-state index in [4.69, 9.17) is 5.11 Å². The van der Waals surface area contributed by atoms with Crippen LogP contribution in [0.3, 0.4) is 0 Å². The molecule has 0 saturated carbocycles. The van der Waals surface area contributed by atoms with E-state index in [-0.39, 0.29) is 0 Å². The molecule has 1 aromatic heterocycles. The quantitative estimate of drug-likeness (QED) is 0.848. The van der Waals surface area contributed by atoms with E-state index >= 15 is 0 Å². The first kappa shape index (κ1) is 14.0. The third-order valence-corrected chi connectivity index (χ3v) is 1.79. The molecule has 9 heteroatoms. The second kappa shape index (κ2) is 5.07. The van der Waals surface area contributed by atoms with Gasteiger partial charge in [-0.1, -0.05) is 0 Å². The van der Waals surface area contributed by atoms with Crippen LogP contribution in [-0.2, 0) is 6.67 Å². The summed E-state index contributed by atoms with van der Waals surface area (Å²) in [5, 5.41) is 8.64. The molecule has 1 rings (SSSR count). The highest BCUT2D eigenvalue weighted by Gasteiger charge is 2.34. The SMILES string of the molecule is COc1nc(C(=O)O)cc(CF)c1OC(F)(F)F. The van der Waals surface area contributed by atoms with E-state index in [1.165, 1.54) is 0 Å². The molecule has 0 unspecified atom stereocenters. The number of hydrogen-bond donors (Lipinski definition) is 1. The van der Waals surface area contributed by atoms with E-state index in [0.29, 0.717) is 6.07 Å². The number of carboxylic acid groups (broad SMARTS) is 1. The van der Waals surface area contributed by atoms with Gasteiger partial charge in [0.2, 0.25) is 0 Å². The monoisotopic (exact) mass is 269 g/mol. The van der Waals surface area contributed by atoms with Gasteiger partial charge in [-0.15, -0.1) is 13.2 Å². The van der Waals surface area contributed by atoms with Crippen molar-refractivity contribution in [2.24, 2.45) is 0 Å². The Labute approximate surface area is 98.0 Å². The van der Waals surface area contributed by atoms with E-state index in [9.17, 15) is 22.4 Å². The summed E-state index contributed by atoms with van der Waals surface area (Å²) in [5.74, 6) is -3.26. The predicted octanol–water partition coefficient (Wildman–Crippen LogP) is 2.16. The molecular formula is C9H7F4NO4. The molecule has 0 aromatic carbocycles. The summed E-state index contributed by atoms with van der Waals surface area (Å²) < 4.78 is 56.9. The molecule has 0 atom stereocenters. The van der Waals surface area contributed by atoms with Crippen molar-refractivity contribution in [1.29, 1.82) is 0 Å². The van der Waals surface area contributed by atoms with Crippen LogP contribution in [-0.4, -0.2) is 29.5 Å². The third-order valence-electron chi connectivity index (χ3n) is 1.79. The fraction of sp³-hybridized carbons (Fsp3) is 0.333. The van der Waals surface area contributed by atoms with Gasteiger partial charge in [-0.3, -0.25) is 0 Å². The van der Waals surface area contributed by atoms with Crippen LogP contribution in [0, 0.1) is 0 Å². The van der Waals surface area contributed by atoms with Crippen LogP contribution < -0.4 is 9.47 Å². The fourth-order valence-corrected chi connectivity index (χ4v) is 1.13. The smallest absolute Gasteiger partial charge is 0.478 e. The van der Waals surface area contributed by atoms with Crippen molar-refractivity contribution in [1.82, 2.24) is 4.98 Å². The first-order valence-corrected chi connectivity index (χ1v) is 4.41. The minimum absolute atomic E-state index is 0.614. The van der Waals surface area contributed by atoms with E-state index in [2.05, 4.69) is 14.5 Å². The number of pyridine rings is 1. The molecule has 0 amide bonds. The lowest BCUT2D eigenvalue weighted by atomic mass is 10.2. The number of nitrogens with zero attached hydrogens (tertiary/aromatic N) is 1. The molecule has 0 fully saturated rings. The van der Waals surface area contributed by atoms with Gasteiger partial charge in [-0.2, -0.15) is 0 Å². The average molecular weight is 269 g/mol. The topological polar surface area (TPSA) is 68.7 Å².